The Kier molecular flexibility index (Phi) is 4.33. The second-order valence-electron chi connectivity index (χ2n) is 4.01. The molecule has 0 amide bonds. The summed E-state index contributed by atoms with van der Waals surface area (Å²) in [7, 11) is -0.960. The first kappa shape index (κ1) is 12.2. The quantitative estimate of drug-likeness (QED) is 0.801. The van der Waals surface area contributed by atoms with Crippen LogP contribution in [0.4, 0.5) is 5.69 Å². The first-order chi connectivity index (χ1) is 7.06. The molecule has 2 unspecified atom stereocenters. The molecule has 0 aliphatic heterocycles. The Morgan fingerprint density at radius 2 is 2.13 bits per heavy atom. The van der Waals surface area contributed by atoms with Gasteiger partial charge in [-0.3, -0.25) is 4.21 Å². The van der Waals surface area contributed by atoms with E-state index >= 15 is 0 Å². The van der Waals surface area contributed by atoms with E-state index in [9.17, 15) is 4.21 Å². The summed E-state index contributed by atoms with van der Waals surface area (Å²) in [6, 6.07) is 5.72. The summed E-state index contributed by atoms with van der Waals surface area (Å²) < 4.78 is 12.0. The van der Waals surface area contributed by atoms with E-state index in [0.717, 1.165) is 16.9 Å². The van der Waals surface area contributed by atoms with Gasteiger partial charge in [0, 0.05) is 5.75 Å². The van der Waals surface area contributed by atoms with Gasteiger partial charge in [-0.2, -0.15) is 0 Å². The van der Waals surface area contributed by atoms with Gasteiger partial charge >= 0.3 is 0 Å². The number of para-hydroxylation sites is 1. The average Bonchev–Trinajstić information content (AvgIpc) is 2.21. The highest BCUT2D eigenvalue weighted by molar-refractivity contribution is 7.85. The molecule has 2 nitrogen and oxygen atoms in total. The summed E-state index contributed by atoms with van der Waals surface area (Å²) in [5.41, 5.74) is 7.59. The van der Waals surface area contributed by atoms with Gasteiger partial charge in [0.05, 0.1) is 21.4 Å². The standard InChI is InChI=1S/C12H19NOS/c1-4-9(2)8-15(14)11-7-5-6-10(3)12(11)13/h5-7,9H,4,8,13H2,1-3H3. The molecular formula is C12H19NOS. The van der Waals surface area contributed by atoms with Gasteiger partial charge in [0.25, 0.3) is 0 Å². The van der Waals surface area contributed by atoms with Crippen molar-refractivity contribution in [2.24, 2.45) is 5.92 Å². The van der Waals surface area contributed by atoms with Gasteiger partial charge in [-0.15, -0.1) is 0 Å². The first-order valence-corrected chi connectivity index (χ1v) is 6.61. The monoisotopic (exact) mass is 225 g/mol. The number of hydrogen-bond donors (Lipinski definition) is 1. The second kappa shape index (κ2) is 5.31. The van der Waals surface area contributed by atoms with Crippen LogP contribution in [-0.2, 0) is 10.8 Å². The summed E-state index contributed by atoms with van der Waals surface area (Å²) in [4.78, 5) is 0.787. The minimum absolute atomic E-state index is 0.478. The summed E-state index contributed by atoms with van der Waals surface area (Å²) >= 11 is 0. The molecule has 0 bridgehead atoms. The fourth-order valence-electron chi connectivity index (χ4n) is 1.32. The fourth-order valence-corrected chi connectivity index (χ4v) is 2.89. The topological polar surface area (TPSA) is 43.1 Å². The molecule has 0 fully saturated rings. The van der Waals surface area contributed by atoms with Gasteiger partial charge in [0.2, 0.25) is 0 Å². The highest BCUT2D eigenvalue weighted by Crippen LogP contribution is 2.21. The van der Waals surface area contributed by atoms with Crippen LogP contribution in [0.25, 0.3) is 0 Å². The molecule has 2 N–H and O–H groups in total. The Balaban J connectivity index is 2.87. The molecule has 15 heavy (non-hydrogen) atoms. The lowest BCUT2D eigenvalue weighted by Gasteiger charge is -2.11. The lowest BCUT2D eigenvalue weighted by Crippen LogP contribution is -2.09. The van der Waals surface area contributed by atoms with Crippen LogP contribution < -0.4 is 5.73 Å². The molecule has 0 aromatic heterocycles. The molecule has 2 atom stereocenters. The summed E-state index contributed by atoms with van der Waals surface area (Å²) in [6.07, 6.45) is 1.05. The van der Waals surface area contributed by atoms with Crippen LogP contribution in [0.3, 0.4) is 0 Å². The lowest BCUT2D eigenvalue weighted by molar-refractivity contribution is 0.616. The number of aryl methyl sites for hydroxylation is 1. The van der Waals surface area contributed by atoms with Crippen LogP contribution in [0.1, 0.15) is 25.8 Å². The molecular weight excluding hydrogens is 206 g/mol. The van der Waals surface area contributed by atoms with Gasteiger partial charge in [-0.25, -0.2) is 0 Å². The number of rotatable bonds is 4. The van der Waals surface area contributed by atoms with Crippen molar-refractivity contribution in [3.05, 3.63) is 23.8 Å². The first-order valence-electron chi connectivity index (χ1n) is 5.29. The van der Waals surface area contributed by atoms with Gasteiger partial charge in [0.15, 0.2) is 0 Å². The van der Waals surface area contributed by atoms with E-state index in [0.29, 0.717) is 17.4 Å². The van der Waals surface area contributed by atoms with Crippen molar-refractivity contribution in [2.45, 2.75) is 32.1 Å². The molecule has 1 aromatic carbocycles. The van der Waals surface area contributed by atoms with Crippen LogP contribution in [0.15, 0.2) is 23.1 Å². The Morgan fingerprint density at radius 1 is 1.47 bits per heavy atom. The van der Waals surface area contributed by atoms with Gasteiger partial charge in [-0.1, -0.05) is 32.4 Å². The second-order valence-corrected chi connectivity index (χ2v) is 5.48. The van der Waals surface area contributed by atoms with Crippen LogP contribution in [0, 0.1) is 12.8 Å². The smallest absolute Gasteiger partial charge is 0.0620 e. The maximum absolute atomic E-state index is 12.0. The van der Waals surface area contributed by atoms with Crippen molar-refractivity contribution in [3.8, 4) is 0 Å². The molecule has 0 radical (unpaired) electrons. The molecule has 1 aromatic rings. The number of nitrogens with two attached hydrogens (primary N) is 1. The van der Waals surface area contributed by atoms with Crippen LogP contribution in [0.2, 0.25) is 0 Å². The molecule has 0 heterocycles. The Labute approximate surface area is 94.3 Å². The van der Waals surface area contributed by atoms with Crippen molar-refractivity contribution < 1.29 is 4.21 Å². The zero-order valence-electron chi connectivity index (χ0n) is 9.62. The molecule has 3 heteroatoms. The highest BCUT2D eigenvalue weighted by atomic mass is 32.2. The SMILES string of the molecule is CCC(C)CS(=O)c1cccc(C)c1N. The third kappa shape index (κ3) is 3.06. The van der Waals surface area contributed by atoms with Gasteiger partial charge in [0.1, 0.15) is 0 Å². The summed E-state index contributed by atoms with van der Waals surface area (Å²) in [5.74, 6) is 1.18. The third-order valence-corrected chi connectivity index (χ3v) is 4.38. The van der Waals surface area contributed by atoms with Crippen molar-refractivity contribution in [1.29, 1.82) is 0 Å². The fraction of sp³-hybridized carbons (Fsp3) is 0.500. The average molecular weight is 225 g/mol. The van der Waals surface area contributed by atoms with Gasteiger partial charge in [-0.05, 0) is 24.5 Å². The van der Waals surface area contributed by atoms with E-state index in [1.807, 2.05) is 25.1 Å². The van der Waals surface area contributed by atoms with Crippen molar-refractivity contribution in [3.63, 3.8) is 0 Å². The molecule has 84 valence electrons. The number of hydrogen-bond acceptors (Lipinski definition) is 2. The van der Waals surface area contributed by atoms with Crippen LogP contribution in [0.5, 0.6) is 0 Å². The van der Waals surface area contributed by atoms with Crippen LogP contribution >= 0.6 is 0 Å². The predicted octanol–water partition coefficient (Wildman–Crippen LogP) is 2.73. The molecule has 0 spiro atoms. The van der Waals surface area contributed by atoms with Crippen molar-refractivity contribution >= 4 is 16.5 Å². The maximum Gasteiger partial charge on any atom is 0.0620 e. The molecule has 1 rings (SSSR count). The lowest BCUT2D eigenvalue weighted by atomic mass is 10.2. The van der Waals surface area contributed by atoms with E-state index in [4.69, 9.17) is 5.73 Å². The zero-order chi connectivity index (χ0) is 11.4. The Morgan fingerprint density at radius 3 is 2.73 bits per heavy atom. The third-order valence-electron chi connectivity index (χ3n) is 2.66. The van der Waals surface area contributed by atoms with E-state index in [1.165, 1.54) is 0 Å². The van der Waals surface area contributed by atoms with E-state index in [-0.39, 0.29) is 0 Å². The predicted molar refractivity (Wildman–Crippen MR) is 66.3 cm³/mol. The zero-order valence-corrected chi connectivity index (χ0v) is 10.4. The Hall–Kier alpha value is -0.830. The number of benzene rings is 1. The van der Waals surface area contributed by atoms with Crippen molar-refractivity contribution in [1.82, 2.24) is 0 Å². The molecule has 0 aliphatic rings. The molecule has 0 saturated heterocycles. The van der Waals surface area contributed by atoms with E-state index in [2.05, 4.69) is 13.8 Å². The number of anilines is 1. The number of nitrogen functional groups attached to an aromatic ring is 1. The minimum Gasteiger partial charge on any atom is -0.398 e. The highest BCUT2D eigenvalue weighted by Gasteiger charge is 2.11. The van der Waals surface area contributed by atoms with Gasteiger partial charge < -0.3 is 5.73 Å². The molecule has 0 aliphatic carbocycles. The van der Waals surface area contributed by atoms with Crippen molar-refractivity contribution in [2.75, 3.05) is 11.5 Å². The minimum atomic E-state index is -0.960. The molecule has 0 saturated carbocycles. The van der Waals surface area contributed by atoms with Crippen LogP contribution in [-0.4, -0.2) is 9.96 Å². The largest absolute Gasteiger partial charge is 0.398 e. The summed E-state index contributed by atoms with van der Waals surface area (Å²) in [6.45, 7) is 6.17. The summed E-state index contributed by atoms with van der Waals surface area (Å²) in [5, 5.41) is 0. The maximum atomic E-state index is 12.0. The Bertz CT molecular complexity index is 363. The normalized spacial score (nSPS) is 14.9. The van der Waals surface area contributed by atoms with E-state index < -0.39 is 10.8 Å². The van der Waals surface area contributed by atoms with E-state index in [1.54, 1.807) is 0 Å².